The van der Waals surface area contributed by atoms with Crippen molar-refractivity contribution in [2.75, 3.05) is 5.01 Å². The maximum atomic E-state index is 11.2. The van der Waals surface area contributed by atoms with Gasteiger partial charge in [0, 0.05) is 34.0 Å². The highest BCUT2D eigenvalue weighted by Gasteiger charge is 2.37. The Morgan fingerprint density at radius 3 is 2.97 bits per heavy atom. The lowest BCUT2D eigenvalue weighted by Crippen LogP contribution is -2.39. The number of carboxylic acid groups (broad SMARTS) is 1. The number of hydrazine groups is 2. The summed E-state index contributed by atoms with van der Waals surface area (Å²) in [7, 11) is 0. The smallest absolute Gasteiger partial charge is 0.345 e. The molecule has 2 unspecified atom stereocenters. The molecule has 0 radical (unpaired) electrons. The van der Waals surface area contributed by atoms with Gasteiger partial charge < -0.3 is 15.0 Å². The number of anilines is 1. The van der Waals surface area contributed by atoms with Gasteiger partial charge in [0.15, 0.2) is 0 Å². The molecule has 0 bridgehead atoms. The van der Waals surface area contributed by atoms with E-state index in [4.69, 9.17) is 16.6 Å². The summed E-state index contributed by atoms with van der Waals surface area (Å²) in [6.07, 6.45) is 7.27. The minimum absolute atomic E-state index is 0.0586. The molecule has 12 heteroatoms. The molecule has 0 aliphatic carbocycles. The van der Waals surface area contributed by atoms with E-state index in [1.807, 2.05) is 23.6 Å². The third kappa shape index (κ3) is 3.87. The van der Waals surface area contributed by atoms with Crippen LogP contribution in [0.5, 0.6) is 0 Å². The first-order valence-corrected chi connectivity index (χ1v) is 12.3. The number of hydrogen-bond donors (Lipinski definition) is 4. The van der Waals surface area contributed by atoms with E-state index < -0.39 is 5.97 Å². The Kier molecular flexibility index (Phi) is 5.32. The van der Waals surface area contributed by atoms with E-state index in [2.05, 4.69) is 44.0 Å². The molecule has 6 rings (SSSR count). The number of rotatable bonds is 5. The monoisotopic (exact) mass is 508 g/mol. The number of benzene rings is 1. The van der Waals surface area contributed by atoms with E-state index in [-0.39, 0.29) is 12.1 Å². The number of nitrogens with zero attached hydrogens (tertiary/aromatic N) is 5. The van der Waals surface area contributed by atoms with Gasteiger partial charge in [-0.2, -0.15) is 5.10 Å². The predicted octanol–water partition coefficient (Wildman–Crippen LogP) is 4.24. The summed E-state index contributed by atoms with van der Waals surface area (Å²) in [6, 6.07) is 7.51. The minimum Gasteiger partial charge on any atom is -0.477 e. The summed E-state index contributed by atoms with van der Waals surface area (Å²) in [4.78, 5) is 26.9. The second-order valence-corrected chi connectivity index (χ2v) is 9.82. The second-order valence-electron chi connectivity index (χ2n) is 8.47. The Morgan fingerprint density at radius 1 is 1.31 bits per heavy atom. The van der Waals surface area contributed by atoms with Crippen LogP contribution in [0.25, 0.3) is 17.0 Å². The maximum absolute atomic E-state index is 11.2. The molecule has 0 amide bonds. The normalized spacial score (nSPS) is 21.1. The number of hydrazone groups is 1. The van der Waals surface area contributed by atoms with Gasteiger partial charge >= 0.3 is 5.97 Å². The zero-order chi connectivity index (χ0) is 24.1. The molecule has 2 atom stereocenters. The van der Waals surface area contributed by atoms with Crippen molar-refractivity contribution in [3.8, 4) is 11.3 Å². The first kappa shape index (κ1) is 21.8. The lowest BCUT2D eigenvalue weighted by atomic mass is 10.0. The number of amidine groups is 1. The minimum atomic E-state index is -0.922. The SMILES string of the molecule is CC1C=C(c2cc(Cl)ccc2N2C=NNN2)N=C2CCC(c3ncc(-c4csc(C(=O)O)c4)[nH]3)N21. The second kappa shape index (κ2) is 8.52. The van der Waals surface area contributed by atoms with Crippen molar-refractivity contribution < 1.29 is 9.90 Å². The number of hydrogen-bond acceptors (Lipinski definition) is 9. The van der Waals surface area contributed by atoms with Crippen LogP contribution in [-0.4, -0.2) is 44.2 Å². The zero-order valence-electron chi connectivity index (χ0n) is 18.6. The van der Waals surface area contributed by atoms with Crippen molar-refractivity contribution in [3.05, 3.63) is 63.2 Å². The molecular formula is C23H21ClN8O2S. The largest absolute Gasteiger partial charge is 0.477 e. The number of aliphatic imine (C=N–C) groups is 1. The highest BCUT2D eigenvalue weighted by atomic mass is 35.5. The molecule has 35 heavy (non-hydrogen) atoms. The van der Waals surface area contributed by atoms with E-state index >= 15 is 0 Å². The van der Waals surface area contributed by atoms with Gasteiger partial charge in [0.1, 0.15) is 22.9 Å². The van der Waals surface area contributed by atoms with Crippen LogP contribution in [0.2, 0.25) is 5.02 Å². The van der Waals surface area contributed by atoms with Crippen LogP contribution in [0.3, 0.4) is 0 Å². The predicted molar refractivity (Wildman–Crippen MR) is 136 cm³/mol. The molecule has 5 heterocycles. The first-order valence-electron chi connectivity index (χ1n) is 11.1. The van der Waals surface area contributed by atoms with Crippen LogP contribution in [0.4, 0.5) is 5.69 Å². The van der Waals surface area contributed by atoms with Gasteiger partial charge in [0.05, 0.1) is 29.3 Å². The van der Waals surface area contributed by atoms with Crippen LogP contribution >= 0.6 is 22.9 Å². The molecule has 1 fully saturated rings. The van der Waals surface area contributed by atoms with Gasteiger partial charge in [-0.1, -0.05) is 11.6 Å². The molecule has 1 saturated heterocycles. The van der Waals surface area contributed by atoms with Crippen LogP contribution < -0.4 is 16.1 Å². The van der Waals surface area contributed by atoms with Gasteiger partial charge in [0.25, 0.3) is 0 Å². The van der Waals surface area contributed by atoms with Crippen molar-refractivity contribution >= 4 is 52.5 Å². The number of aromatic nitrogens is 2. The summed E-state index contributed by atoms with van der Waals surface area (Å²) >= 11 is 7.55. The molecule has 3 aromatic rings. The number of carbonyl (C=O) groups is 1. The van der Waals surface area contributed by atoms with Gasteiger partial charge in [0.2, 0.25) is 0 Å². The van der Waals surface area contributed by atoms with Gasteiger partial charge in [-0.3, -0.25) is 0 Å². The molecule has 4 N–H and O–H groups in total. The van der Waals surface area contributed by atoms with Crippen LogP contribution in [0.1, 0.15) is 46.9 Å². The molecule has 3 aliphatic heterocycles. The third-order valence-corrected chi connectivity index (χ3v) is 7.45. The van der Waals surface area contributed by atoms with Crippen molar-refractivity contribution in [1.82, 2.24) is 25.9 Å². The van der Waals surface area contributed by atoms with Crippen LogP contribution in [-0.2, 0) is 0 Å². The molecule has 1 aromatic carbocycles. The summed E-state index contributed by atoms with van der Waals surface area (Å²) in [5, 5.41) is 17.5. The van der Waals surface area contributed by atoms with Crippen molar-refractivity contribution in [1.29, 1.82) is 0 Å². The first-order chi connectivity index (χ1) is 17.0. The Morgan fingerprint density at radius 2 is 2.20 bits per heavy atom. The van der Waals surface area contributed by atoms with E-state index in [0.717, 1.165) is 52.7 Å². The standard InChI is InChI=1S/C23H21ClN8O2S/c1-12-6-16(15-8-14(24)2-3-18(15)31-11-26-29-30-31)27-21-5-4-19(32(12)21)22-25-9-17(28-22)13-7-20(23(33)34)35-10-13/h2-3,6-12,19,29-30H,4-5H2,1H3,(H,25,28)(H,33,34). The lowest BCUT2D eigenvalue weighted by molar-refractivity contribution is 0.0702. The average Bonchev–Trinajstić information content (AvgIpc) is 3.64. The number of nitrogens with one attached hydrogen (secondary N) is 3. The number of aromatic amines is 1. The molecule has 3 aliphatic rings. The Hall–Kier alpha value is -3.67. The van der Waals surface area contributed by atoms with Crippen molar-refractivity contribution in [2.45, 2.75) is 31.8 Å². The fraction of sp³-hybridized carbons (Fsp3) is 0.217. The maximum Gasteiger partial charge on any atom is 0.345 e. The van der Waals surface area contributed by atoms with Crippen LogP contribution in [0, 0.1) is 0 Å². The van der Waals surface area contributed by atoms with E-state index in [1.54, 1.807) is 23.6 Å². The van der Waals surface area contributed by atoms with Crippen molar-refractivity contribution in [2.24, 2.45) is 10.1 Å². The molecule has 178 valence electrons. The number of halogens is 1. The molecule has 0 spiro atoms. The van der Waals surface area contributed by atoms with Gasteiger partial charge in [-0.05, 0) is 43.7 Å². The van der Waals surface area contributed by atoms with Gasteiger partial charge in [-0.15, -0.1) is 16.9 Å². The number of thiophene rings is 1. The number of imidazole rings is 1. The Labute approximate surface area is 209 Å². The lowest BCUT2D eigenvalue weighted by Gasteiger charge is -2.34. The van der Waals surface area contributed by atoms with E-state index in [9.17, 15) is 9.90 Å². The highest BCUT2D eigenvalue weighted by molar-refractivity contribution is 7.12. The Bertz CT molecular complexity index is 1410. The van der Waals surface area contributed by atoms with Crippen LogP contribution in [0.15, 0.2) is 52.0 Å². The quantitative estimate of drug-likeness (QED) is 0.406. The third-order valence-electron chi connectivity index (χ3n) is 6.30. The van der Waals surface area contributed by atoms with E-state index in [0.29, 0.717) is 9.90 Å². The summed E-state index contributed by atoms with van der Waals surface area (Å²) in [5.41, 5.74) is 9.99. The molecule has 2 aromatic heterocycles. The molecule has 10 nitrogen and oxygen atoms in total. The Balaban J connectivity index is 1.28. The number of aromatic carboxylic acids is 1. The summed E-state index contributed by atoms with van der Waals surface area (Å²) in [5.74, 6) is 0.937. The molecule has 0 saturated carbocycles. The number of carboxylic acids is 1. The van der Waals surface area contributed by atoms with E-state index in [1.165, 1.54) is 11.3 Å². The summed E-state index contributed by atoms with van der Waals surface area (Å²) < 4.78 is 0. The van der Waals surface area contributed by atoms with Gasteiger partial charge in [-0.25, -0.2) is 25.3 Å². The fourth-order valence-electron chi connectivity index (χ4n) is 4.74. The van der Waals surface area contributed by atoms with Crippen molar-refractivity contribution in [3.63, 3.8) is 0 Å². The topological polar surface area (TPSA) is 121 Å². The number of fused-ring (bicyclic) bond motifs is 1. The summed E-state index contributed by atoms with van der Waals surface area (Å²) in [6.45, 7) is 2.15. The number of H-pyrrole nitrogens is 1. The average molecular weight is 509 g/mol. The zero-order valence-corrected chi connectivity index (χ0v) is 20.1. The fourth-order valence-corrected chi connectivity index (χ4v) is 5.65. The highest BCUT2D eigenvalue weighted by Crippen LogP contribution is 2.41. The molecular weight excluding hydrogens is 488 g/mol.